The van der Waals surface area contributed by atoms with Gasteiger partial charge in [-0.1, -0.05) is 6.07 Å². The molecule has 0 spiro atoms. The van der Waals surface area contributed by atoms with E-state index in [-0.39, 0.29) is 25.3 Å². The molecule has 3 heterocycles. The lowest BCUT2D eigenvalue weighted by atomic mass is 9.81. The fourth-order valence-corrected chi connectivity index (χ4v) is 3.06. The molecular weight excluding hydrogens is 415 g/mol. The first-order valence-electron chi connectivity index (χ1n) is 9.30. The Hall–Kier alpha value is -2.87. The summed E-state index contributed by atoms with van der Waals surface area (Å²) in [5.41, 5.74) is 2.06. The van der Waals surface area contributed by atoms with E-state index in [4.69, 9.17) is 9.47 Å². The van der Waals surface area contributed by atoms with Gasteiger partial charge in [0.1, 0.15) is 5.69 Å². The van der Waals surface area contributed by atoms with Crippen LogP contribution in [-0.4, -0.2) is 68.8 Å². The zero-order valence-electron chi connectivity index (χ0n) is 16.9. The highest BCUT2D eigenvalue weighted by atomic mass is 19.3. The number of aryl methyl sites for hydroxylation is 1. The summed E-state index contributed by atoms with van der Waals surface area (Å²) in [6, 6.07) is 2.55. The van der Waals surface area contributed by atoms with Crippen LogP contribution in [0.1, 0.15) is 18.2 Å². The molecule has 0 aliphatic rings. The van der Waals surface area contributed by atoms with Crippen molar-refractivity contribution in [3.63, 3.8) is 0 Å². The molecule has 0 saturated carbocycles. The SMILES string of the molecule is COCOc1cnn(C)c1-c1cnn(C(CCOC(F)F)c2ccc(B(O)O)cn2)c1. The van der Waals surface area contributed by atoms with E-state index >= 15 is 0 Å². The number of hydrogen-bond acceptors (Lipinski definition) is 8. The van der Waals surface area contributed by atoms with Gasteiger partial charge in [0.05, 0.1) is 30.7 Å². The minimum atomic E-state index is -2.89. The van der Waals surface area contributed by atoms with E-state index < -0.39 is 19.8 Å². The van der Waals surface area contributed by atoms with E-state index in [1.54, 1.807) is 41.1 Å². The zero-order valence-corrected chi connectivity index (χ0v) is 16.9. The Labute approximate surface area is 177 Å². The van der Waals surface area contributed by atoms with Gasteiger partial charge in [-0.2, -0.15) is 19.0 Å². The summed E-state index contributed by atoms with van der Waals surface area (Å²) in [7, 11) is 1.60. The zero-order chi connectivity index (χ0) is 22.4. The molecule has 1 unspecified atom stereocenters. The molecule has 0 aliphatic heterocycles. The molecule has 0 bridgehead atoms. The van der Waals surface area contributed by atoms with Crippen LogP contribution < -0.4 is 10.2 Å². The number of pyridine rings is 1. The normalized spacial score (nSPS) is 12.4. The topological polar surface area (TPSA) is 117 Å². The van der Waals surface area contributed by atoms with E-state index in [2.05, 4.69) is 19.9 Å². The van der Waals surface area contributed by atoms with E-state index in [9.17, 15) is 18.8 Å². The standard InChI is InChI=1S/C18H22BF2N5O5/c1-25-17(16(9-23-25)31-11-29-2)12-7-24-26(10-12)15(5-6-30-18(20)21)14-4-3-13(8-22-14)19(27)28/h3-4,7-10,15,18,27-28H,5-6,11H2,1-2H3. The molecule has 0 amide bonds. The van der Waals surface area contributed by atoms with Crippen molar-refractivity contribution in [3.05, 3.63) is 42.6 Å². The first-order chi connectivity index (χ1) is 14.9. The quantitative estimate of drug-likeness (QED) is 0.330. The van der Waals surface area contributed by atoms with Crippen molar-refractivity contribution in [1.82, 2.24) is 24.5 Å². The molecule has 10 nitrogen and oxygen atoms in total. The fourth-order valence-electron chi connectivity index (χ4n) is 3.06. The van der Waals surface area contributed by atoms with E-state index in [1.165, 1.54) is 19.4 Å². The van der Waals surface area contributed by atoms with Gasteiger partial charge in [-0.3, -0.25) is 14.3 Å². The van der Waals surface area contributed by atoms with Gasteiger partial charge in [-0.15, -0.1) is 0 Å². The lowest BCUT2D eigenvalue weighted by Gasteiger charge is -2.17. The smallest absolute Gasteiger partial charge is 0.464 e. The second kappa shape index (κ2) is 10.4. The second-order valence-corrected chi connectivity index (χ2v) is 6.57. The summed E-state index contributed by atoms with van der Waals surface area (Å²) >= 11 is 0. The van der Waals surface area contributed by atoms with Crippen molar-refractivity contribution < 1.29 is 33.0 Å². The van der Waals surface area contributed by atoms with Crippen LogP contribution in [0, 0.1) is 0 Å². The molecule has 3 aromatic heterocycles. The Kier molecular flexibility index (Phi) is 7.68. The predicted octanol–water partition coefficient (Wildman–Crippen LogP) is 0.560. The number of nitrogens with zero attached hydrogens (tertiary/aromatic N) is 5. The van der Waals surface area contributed by atoms with Gasteiger partial charge in [0.15, 0.2) is 12.5 Å². The third-order valence-electron chi connectivity index (χ3n) is 4.52. The van der Waals surface area contributed by atoms with Crippen molar-refractivity contribution in [3.8, 4) is 17.0 Å². The Bertz CT molecular complexity index is 967. The van der Waals surface area contributed by atoms with Crippen molar-refractivity contribution in [2.45, 2.75) is 19.1 Å². The number of ether oxygens (including phenoxy) is 3. The largest absolute Gasteiger partial charge is 0.490 e. The highest BCUT2D eigenvalue weighted by Gasteiger charge is 2.21. The van der Waals surface area contributed by atoms with E-state index in [1.807, 2.05) is 0 Å². The maximum atomic E-state index is 12.5. The van der Waals surface area contributed by atoms with Crippen LogP contribution >= 0.6 is 0 Å². The predicted molar refractivity (Wildman–Crippen MR) is 106 cm³/mol. The van der Waals surface area contributed by atoms with E-state index in [0.29, 0.717) is 22.7 Å². The van der Waals surface area contributed by atoms with Crippen LogP contribution in [0.5, 0.6) is 5.75 Å². The van der Waals surface area contributed by atoms with Gasteiger partial charge in [0.2, 0.25) is 0 Å². The maximum Gasteiger partial charge on any atom is 0.490 e. The highest BCUT2D eigenvalue weighted by molar-refractivity contribution is 6.58. The molecule has 2 N–H and O–H groups in total. The molecule has 166 valence electrons. The minimum Gasteiger partial charge on any atom is -0.464 e. The molecule has 1 atom stereocenters. The molecule has 0 aliphatic carbocycles. The third kappa shape index (κ3) is 5.64. The molecule has 0 saturated heterocycles. The molecule has 3 rings (SSSR count). The van der Waals surface area contributed by atoms with Crippen LogP contribution in [0.25, 0.3) is 11.3 Å². The average molecular weight is 437 g/mol. The number of hydrogen-bond donors (Lipinski definition) is 2. The second-order valence-electron chi connectivity index (χ2n) is 6.57. The molecule has 0 fully saturated rings. The highest BCUT2D eigenvalue weighted by Crippen LogP contribution is 2.31. The maximum absolute atomic E-state index is 12.5. The molecule has 0 aromatic carbocycles. The summed E-state index contributed by atoms with van der Waals surface area (Å²) < 4.78 is 43.0. The van der Waals surface area contributed by atoms with Crippen LogP contribution in [0.2, 0.25) is 0 Å². The third-order valence-corrected chi connectivity index (χ3v) is 4.52. The Morgan fingerprint density at radius 2 is 1.97 bits per heavy atom. The van der Waals surface area contributed by atoms with Crippen molar-refractivity contribution >= 4 is 12.6 Å². The monoisotopic (exact) mass is 437 g/mol. The van der Waals surface area contributed by atoms with E-state index in [0.717, 1.165) is 0 Å². The molecular formula is C18H22BF2N5O5. The van der Waals surface area contributed by atoms with Gasteiger partial charge in [0, 0.05) is 37.6 Å². The minimum absolute atomic E-state index is 0.0490. The molecule has 3 aromatic rings. The van der Waals surface area contributed by atoms with Crippen molar-refractivity contribution in [1.29, 1.82) is 0 Å². The molecule has 13 heteroatoms. The van der Waals surface area contributed by atoms with Crippen LogP contribution in [-0.2, 0) is 16.5 Å². The number of rotatable bonds is 11. The Morgan fingerprint density at radius 3 is 2.61 bits per heavy atom. The van der Waals surface area contributed by atoms with Gasteiger partial charge in [-0.25, -0.2) is 0 Å². The molecule has 0 radical (unpaired) electrons. The lowest BCUT2D eigenvalue weighted by molar-refractivity contribution is -0.130. The Balaban J connectivity index is 1.90. The van der Waals surface area contributed by atoms with Crippen LogP contribution in [0.3, 0.4) is 0 Å². The summed E-state index contributed by atoms with van der Waals surface area (Å²) in [5, 5.41) is 27.1. The van der Waals surface area contributed by atoms with Gasteiger partial charge >= 0.3 is 13.7 Å². The summed E-state index contributed by atoms with van der Waals surface area (Å²) in [6.07, 6.45) is 6.35. The summed E-state index contributed by atoms with van der Waals surface area (Å²) in [4.78, 5) is 4.24. The van der Waals surface area contributed by atoms with Crippen molar-refractivity contribution in [2.24, 2.45) is 7.05 Å². The summed E-state index contributed by atoms with van der Waals surface area (Å²) in [6.45, 7) is -3.06. The summed E-state index contributed by atoms with van der Waals surface area (Å²) in [5.74, 6) is 0.501. The van der Waals surface area contributed by atoms with Crippen molar-refractivity contribution in [2.75, 3.05) is 20.5 Å². The fraction of sp³-hybridized carbons (Fsp3) is 0.389. The Morgan fingerprint density at radius 1 is 1.16 bits per heavy atom. The van der Waals surface area contributed by atoms with Crippen LogP contribution in [0.4, 0.5) is 8.78 Å². The van der Waals surface area contributed by atoms with Gasteiger partial charge < -0.3 is 24.3 Å². The number of methoxy groups -OCH3 is 1. The average Bonchev–Trinajstić information content (AvgIpc) is 3.36. The molecule has 31 heavy (non-hydrogen) atoms. The van der Waals surface area contributed by atoms with Gasteiger partial charge in [0.25, 0.3) is 0 Å². The van der Waals surface area contributed by atoms with Crippen LogP contribution in [0.15, 0.2) is 36.9 Å². The number of alkyl halides is 2. The first kappa shape index (κ1) is 22.8. The van der Waals surface area contributed by atoms with Gasteiger partial charge in [-0.05, 0) is 12.5 Å². The number of aromatic nitrogens is 5. The lowest BCUT2D eigenvalue weighted by Crippen LogP contribution is -2.30. The number of halogens is 2. The first-order valence-corrected chi connectivity index (χ1v) is 9.30.